The van der Waals surface area contributed by atoms with Crippen LogP contribution in [-0.2, 0) is 17.8 Å². The number of thiophene rings is 1. The first-order valence-electron chi connectivity index (χ1n) is 7.17. The monoisotopic (exact) mass is 322 g/mol. The second kappa shape index (κ2) is 7.09. The van der Waals surface area contributed by atoms with Gasteiger partial charge in [-0.1, -0.05) is 24.2 Å². The molecule has 3 heterocycles. The SMILES string of the molecule is O=C1NCCCC[C@H]1Sc1nncn1CCc1cccs1. The molecule has 3 rings (SSSR count). The van der Waals surface area contributed by atoms with E-state index in [9.17, 15) is 4.79 Å². The Bertz CT molecular complexity index is 582. The lowest BCUT2D eigenvalue weighted by atomic mass is 10.2. The van der Waals surface area contributed by atoms with Gasteiger partial charge in [0.1, 0.15) is 6.33 Å². The van der Waals surface area contributed by atoms with Gasteiger partial charge in [0.25, 0.3) is 0 Å². The first-order chi connectivity index (χ1) is 10.3. The molecule has 0 aliphatic carbocycles. The van der Waals surface area contributed by atoms with Gasteiger partial charge < -0.3 is 9.88 Å². The molecule has 0 aromatic carbocycles. The molecule has 1 N–H and O–H groups in total. The fourth-order valence-electron chi connectivity index (χ4n) is 2.33. The minimum absolute atomic E-state index is 0.0443. The Morgan fingerprint density at radius 3 is 3.29 bits per heavy atom. The number of amides is 1. The van der Waals surface area contributed by atoms with Crippen LogP contribution in [0, 0.1) is 0 Å². The molecule has 21 heavy (non-hydrogen) atoms. The lowest BCUT2D eigenvalue weighted by molar-refractivity contribution is -0.120. The van der Waals surface area contributed by atoms with E-state index in [1.807, 2.05) is 4.57 Å². The normalized spacial score (nSPS) is 19.2. The maximum Gasteiger partial charge on any atom is 0.233 e. The van der Waals surface area contributed by atoms with Crippen molar-refractivity contribution in [3.63, 3.8) is 0 Å². The average Bonchev–Trinajstić information content (AvgIpc) is 3.10. The van der Waals surface area contributed by atoms with Gasteiger partial charge in [0, 0.05) is 18.0 Å². The number of carbonyl (C=O) groups is 1. The molecule has 0 bridgehead atoms. The van der Waals surface area contributed by atoms with Crippen molar-refractivity contribution in [1.29, 1.82) is 0 Å². The number of hydrogen-bond donors (Lipinski definition) is 1. The van der Waals surface area contributed by atoms with Gasteiger partial charge in [-0.15, -0.1) is 21.5 Å². The van der Waals surface area contributed by atoms with Crippen LogP contribution in [0.2, 0.25) is 0 Å². The molecule has 0 radical (unpaired) electrons. The molecule has 0 saturated carbocycles. The van der Waals surface area contributed by atoms with E-state index < -0.39 is 0 Å². The standard InChI is InChI=1S/C14H18N4OS2/c19-13-12(5-1-2-7-15-13)21-14-17-16-10-18(14)8-6-11-4-3-9-20-11/h3-4,9-10,12H,1-2,5-8H2,(H,15,19)/t12-/m1/s1. The van der Waals surface area contributed by atoms with Gasteiger partial charge in [-0.2, -0.15) is 0 Å². The number of nitrogens with one attached hydrogen (secondary N) is 1. The molecule has 0 spiro atoms. The Labute approximate surface area is 132 Å². The van der Waals surface area contributed by atoms with Gasteiger partial charge in [-0.05, 0) is 30.7 Å². The number of nitrogens with zero attached hydrogens (tertiary/aromatic N) is 3. The van der Waals surface area contributed by atoms with Crippen molar-refractivity contribution in [2.45, 2.75) is 42.6 Å². The zero-order valence-electron chi connectivity index (χ0n) is 11.7. The van der Waals surface area contributed by atoms with Crippen LogP contribution in [0.15, 0.2) is 29.0 Å². The Morgan fingerprint density at radius 1 is 1.48 bits per heavy atom. The van der Waals surface area contributed by atoms with E-state index in [0.717, 1.165) is 43.9 Å². The molecule has 1 saturated heterocycles. The third kappa shape index (κ3) is 3.85. The number of rotatable bonds is 5. The molecule has 7 heteroatoms. The molecule has 5 nitrogen and oxygen atoms in total. The maximum atomic E-state index is 12.0. The second-order valence-corrected chi connectivity index (χ2v) is 7.23. The van der Waals surface area contributed by atoms with E-state index >= 15 is 0 Å². The van der Waals surface area contributed by atoms with Gasteiger partial charge in [0.05, 0.1) is 5.25 Å². The smallest absolute Gasteiger partial charge is 0.233 e. The number of hydrogen-bond acceptors (Lipinski definition) is 5. The van der Waals surface area contributed by atoms with E-state index in [1.54, 1.807) is 17.7 Å². The highest BCUT2D eigenvalue weighted by molar-refractivity contribution is 8.00. The highest BCUT2D eigenvalue weighted by atomic mass is 32.2. The largest absolute Gasteiger partial charge is 0.355 e. The Balaban J connectivity index is 1.63. The second-order valence-electron chi connectivity index (χ2n) is 5.03. The minimum Gasteiger partial charge on any atom is -0.355 e. The molecule has 2 aromatic rings. The fraction of sp³-hybridized carbons (Fsp3) is 0.500. The summed E-state index contributed by atoms with van der Waals surface area (Å²) < 4.78 is 2.04. The summed E-state index contributed by atoms with van der Waals surface area (Å²) in [5.41, 5.74) is 0. The summed E-state index contributed by atoms with van der Waals surface area (Å²) in [5.74, 6) is 0.130. The maximum absolute atomic E-state index is 12.0. The van der Waals surface area contributed by atoms with Crippen molar-refractivity contribution in [1.82, 2.24) is 20.1 Å². The van der Waals surface area contributed by atoms with Gasteiger partial charge >= 0.3 is 0 Å². The summed E-state index contributed by atoms with van der Waals surface area (Å²) in [6.07, 6.45) is 5.78. The molecular formula is C14H18N4OS2. The van der Waals surface area contributed by atoms with Gasteiger partial charge in [0.2, 0.25) is 5.91 Å². The van der Waals surface area contributed by atoms with Crippen molar-refractivity contribution < 1.29 is 4.79 Å². The quantitative estimate of drug-likeness (QED) is 0.918. The summed E-state index contributed by atoms with van der Waals surface area (Å²) >= 11 is 3.30. The lowest BCUT2D eigenvalue weighted by Gasteiger charge is -2.12. The Morgan fingerprint density at radius 2 is 2.43 bits per heavy atom. The summed E-state index contributed by atoms with van der Waals surface area (Å²) in [5, 5.41) is 14.0. The topological polar surface area (TPSA) is 59.8 Å². The molecule has 1 atom stereocenters. The van der Waals surface area contributed by atoms with Crippen LogP contribution in [0.25, 0.3) is 0 Å². The Hall–Kier alpha value is -1.34. The van der Waals surface area contributed by atoms with Crippen LogP contribution < -0.4 is 5.32 Å². The van der Waals surface area contributed by atoms with Gasteiger partial charge in [-0.25, -0.2) is 0 Å². The molecule has 2 aromatic heterocycles. The van der Waals surface area contributed by atoms with Crippen molar-refractivity contribution in [3.05, 3.63) is 28.7 Å². The first kappa shape index (κ1) is 14.6. The summed E-state index contributed by atoms with van der Waals surface area (Å²) in [4.78, 5) is 13.4. The molecule has 1 aliphatic rings. The number of aryl methyl sites for hydroxylation is 2. The molecule has 1 fully saturated rings. The number of carbonyl (C=O) groups excluding carboxylic acids is 1. The van der Waals surface area contributed by atoms with E-state index in [4.69, 9.17) is 0 Å². The van der Waals surface area contributed by atoms with E-state index in [1.165, 1.54) is 16.6 Å². The van der Waals surface area contributed by atoms with Crippen molar-refractivity contribution >= 4 is 29.0 Å². The van der Waals surface area contributed by atoms with Crippen LogP contribution in [0.3, 0.4) is 0 Å². The highest BCUT2D eigenvalue weighted by Crippen LogP contribution is 2.26. The van der Waals surface area contributed by atoms with Crippen LogP contribution in [0.5, 0.6) is 0 Å². The van der Waals surface area contributed by atoms with Gasteiger partial charge in [-0.3, -0.25) is 4.79 Å². The molecular weight excluding hydrogens is 304 g/mol. The fourth-order valence-corrected chi connectivity index (χ4v) is 4.12. The predicted molar refractivity (Wildman–Crippen MR) is 84.6 cm³/mol. The summed E-state index contributed by atoms with van der Waals surface area (Å²) in [7, 11) is 0. The van der Waals surface area contributed by atoms with Gasteiger partial charge in [0.15, 0.2) is 5.16 Å². The van der Waals surface area contributed by atoms with Crippen molar-refractivity contribution in [2.24, 2.45) is 0 Å². The van der Waals surface area contributed by atoms with Crippen LogP contribution >= 0.6 is 23.1 Å². The van der Waals surface area contributed by atoms with E-state index in [2.05, 4.69) is 33.0 Å². The third-order valence-corrected chi connectivity index (χ3v) is 5.69. The zero-order valence-corrected chi connectivity index (χ0v) is 13.3. The Kier molecular flexibility index (Phi) is 4.92. The average molecular weight is 322 g/mol. The highest BCUT2D eigenvalue weighted by Gasteiger charge is 2.23. The van der Waals surface area contributed by atoms with E-state index in [-0.39, 0.29) is 11.2 Å². The first-order valence-corrected chi connectivity index (χ1v) is 8.93. The number of aromatic nitrogens is 3. The summed E-state index contributed by atoms with van der Waals surface area (Å²) in [6.45, 7) is 1.64. The molecule has 0 unspecified atom stereocenters. The lowest BCUT2D eigenvalue weighted by Crippen LogP contribution is -2.30. The van der Waals surface area contributed by atoms with Crippen molar-refractivity contribution in [2.75, 3.05) is 6.54 Å². The molecule has 112 valence electrons. The summed E-state index contributed by atoms with van der Waals surface area (Å²) in [6, 6.07) is 4.21. The number of thioether (sulfide) groups is 1. The predicted octanol–water partition coefficient (Wildman–Crippen LogP) is 2.34. The minimum atomic E-state index is -0.0443. The molecule has 1 aliphatic heterocycles. The molecule has 1 amide bonds. The third-order valence-electron chi connectivity index (χ3n) is 3.49. The van der Waals surface area contributed by atoms with Crippen molar-refractivity contribution in [3.8, 4) is 0 Å². The zero-order chi connectivity index (χ0) is 14.5. The van der Waals surface area contributed by atoms with Crippen LogP contribution in [0.4, 0.5) is 0 Å². The van der Waals surface area contributed by atoms with Crippen LogP contribution in [-0.4, -0.2) is 32.5 Å². The van der Waals surface area contributed by atoms with Crippen LogP contribution in [0.1, 0.15) is 24.1 Å². The van der Waals surface area contributed by atoms with E-state index in [0.29, 0.717) is 0 Å².